The Morgan fingerprint density at radius 3 is 2.62 bits per heavy atom. The minimum atomic E-state index is -0.386. The molecule has 1 aromatic heterocycles. The number of carbonyl (C=O) groups excluding carboxylic acids is 1. The standard InChI is InChI=1S/C17H25N3O4/c1-11-8-12(2)20(16(23)18-11)10-15(22)19-6-4-17(5-7-19)13(21)9-14(17)24-3/h8,13-14,21H,4-7,9-10H2,1-3H3/t13-,14+/m1/s1. The first kappa shape index (κ1) is 17.1. The number of piperidine rings is 1. The number of aromatic nitrogens is 2. The molecule has 1 N–H and O–H groups in total. The average molecular weight is 335 g/mol. The number of amides is 1. The molecular weight excluding hydrogens is 310 g/mol. The predicted molar refractivity (Wildman–Crippen MR) is 87.6 cm³/mol. The first-order valence-corrected chi connectivity index (χ1v) is 8.41. The normalized spacial score (nSPS) is 25.6. The molecule has 3 rings (SSSR count). The van der Waals surface area contributed by atoms with E-state index in [9.17, 15) is 14.7 Å². The van der Waals surface area contributed by atoms with Gasteiger partial charge in [-0.3, -0.25) is 9.36 Å². The molecule has 7 heteroatoms. The number of aliphatic hydroxyl groups excluding tert-OH is 1. The van der Waals surface area contributed by atoms with Crippen molar-refractivity contribution in [1.82, 2.24) is 14.5 Å². The highest BCUT2D eigenvalue weighted by molar-refractivity contribution is 5.76. The second-order valence-corrected chi connectivity index (χ2v) is 7.00. The maximum Gasteiger partial charge on any atom is 0.348 e. The number of carbonyl (C=O) groups is 1. The van der Waals surface area contributed by atoms with Crippen LogP contribution in [0.3, 0.4) is 0 Å². The van der Waals surface area contributed by atoms with Gasteiger partial charge >= 0.3 is 5.69 Å². The van der Waals surface area contributed by atoms with Gasteiger partial charge in [0.15, 0.2) is 0 Å². The van der Waals surface area contributed by atoms with E-state index in [1.165, 1.54) is 4.57 Å². The number of aryl methyl sites for hydroxylation is 2. The largest absolute Gasteiger partial charge is 0.392 e. The van der Waals surface area contributed by atoms with Gasteiger partial charge in [-0.2, -0.15) is 4.98 Å². The summed E-state index contributed by atoms with van der Waals surface area (Å²) in [5.74, 6) is -0.0801. The number of aliphatic hydroxyl groups is 1. The van der Waals surface area contributed by atoms with Crippen molar-refractivity contribution in [2.75, 3.05) is 20.2 Å². The van der Waals surface area contributed by atoms with Crippen molar-refractivity contribution in [2.24, 2.45) is 5.41 Å². The van der Waals surface area contributed by atoms with E-state index < -0.39 is 0 Å². The molecule has 24 heavy (non-hydrogen) atoms. The second kappa shape index (κ2) is 6.29. The van der Waals surface area contributed by atoms with Gasteiger partial charge < -0.3 is 14.7 Å². The highest BCUT2D eigenvalue weighted by Gasteiger charge is 2.56. The van der Waals surface area contributed by atoms with Crippen LogP contribution in [0, 0.1) is 19.3 Å². The fraction of sp³-hybridized carbons (Fsp3) is 0.706. The molecule has 132 valence electrons. The van der Waals surface area contributed by atoms with Crippen LogP contribution in [0.25, 0.3) is 0 Å². The van der Waals surface area contributed by atoms with E-state index in [-0.39, 0.29) is 35.8 Å². The number of rotatable bonds is 3. The molecule has 1 aromatic rings. The van der Waals surface area contributed by atoms with Crippen LogP contribution in [0.1, 0.15) is 30.7 Å². The van der Waals surface area contributed by atoms with Crippen molar-refractivity contribution in [1.29, 1.82) is 0 Å². The Morgan fingerprint density at radius 2 is 2.08 bits per heavy atom. The average Bonchev–Trinajstić information content (AvgIpc) is 2.55. The molecule has 0 radical (unpaired) electrons. The molecule has 0 bridgehead atoms. The number of ether oxygens (including phenoxy) is 1. The van der Waals surface area contributed by atoms with Gasteiger partial charge in [0.2, 0.25) is 5.91 Å². The van der Waals surface area contributed by atoms with Crippen molar-refractivity contribution >= 4 is 5.91 Å². The van der Waals surface area contributed by atoms with E-state index in [4.69, 9.17) is 4.74 Å². The maximum atomic E-state index is 12.6. The molecule has 2 aliphatic rings. The molecule has 1 spiro atoms. The lowest BCUT2D eigenvalue weighted by atomic mass is 9.58. The first-order valence-electron chi connectivity index (χ1n) is 8.41. The Balaban J connectivity index is 1.65. The van der Waals surface area contributed by atoms with E-state index >= 15 is 0 Å². The molecule has 0 aromatic carbocycles. The number of hydrogen-bond donors (Lipinski definition) is 1. The van der Waals surface area contributed by atoms with Crippen molar-refractivity contribution in [3.63, 3.8) is 0 Å². The third kappa shape index (κ3) is 2.75. The van der Waals surface area contributed by atoms with Gasteiger partial charge in [-0.15, -0.1) is 0 Å². The smallest absolute Gasteiger partial charge is 0.348 e. The van der Waals surface area contributed by atoms with Crippen LogP contribution in [-0.2, 0) is 16.1 Å². The third-order valence-corrected chi connectivity index (χ3v) is 5.71. The zero-order chi connectivity index (χ0) is 17.5. The lowest BCUT2D eigenvalue weighted by Crippen LogP contribution is -2.62. The fourth-order valence-corrected chi connectivity index (χ4v) is 4.09. The molecule has 2 atom stereocenters. The predicted octanol–water partition coefficient (Wildman–Crippen LogP) is 0.249. The Bertz CT molecular complexity index is 692. The molecule has 7 nitrogen and oxygen atoms in total. The van der Waals surface area contributed by atoms with Crippen molar-refractivity contribution in [2.45, 2.75) is 51.9 Å². The zero-order valence-corrected chi connectivity index (χ0v) is 14.5. The van der Waals surface area contributed by atoms with Gasteiger partial charge in [0.25, 0.3) is 0 Å². The fourth-order valence-electron chi connectivity index (χ4n) is 4.09. The summed E-state index contributed by atoms with van der Waals surface area (Å²) in [4.78, 5) is 30.2. The third-order valence-electron chi connectivity index (χ3n) is 5.71. The SMILES string of the molecule is CO[C@H]1C[C@@H](O)C12CCN(C(=O)Cn1c(C)cc(C)nc1=O)CC2. The molecule has 2 heterocycles. The zero-order valence-electron chi connectivity index (χ0n) is 14.5. The minimum absolute atomic E-state index is 0.0151. The molecular formula is C17H25N3O4. The van der Waals surface area contributed by atoms with Crippen LogP contribution >= 0.6 is 0 Å². The van der Waals surface area contributed by atoms with Crippen LogP contribution in [0.4, 0.5) is 0 Å². The minimum Gasteiger partial charge on any atom is -0.392 e. The Morgan fingerprint density at radius 1 is 1.42 bits per heavy atom. The summed E-state index contributed by atoms with van der Waals surface area (Å²) in [6, 6.07) is 1.80. The summed E-state index contributed by atoms with van der Waals surface area (Å²) in [6.07, 6.45) is 1.88. The topological polar surface area (TPSA) is 84.7 Å². The summed E-state index contributed by atoms with van der Waals surface area (Å²) in [6.45, 7) is 4.76. The monoisotopic (exact) mass is 335 g/mol. The van der Waals surface area contributed by atoms with Crippen LogP contribution in [-0.4, -0.2) is 57.9 Å². The first-order chi connectivity index (χ1) is 11.4. The lowest BCUT2D eigenvalue weighted by Gasteiger charge is -2.56. The highest BCUT2D eigenvalue weighted by atomic mass is 16.5. The number of hydrogen-bond acceptors (Lipinski definition) is 5. The maximum absolute atomic E-state index is 12.6. The van der Waals surface area contributed by atoms with E-state index in [0.29, 0.717) is 25.2 Å². The molecule has 2 fully saturated rings. The van der Waals surface area contributed by atoms with Crippen LogP contribution in [0.15, 0.2) is 10.9 Å². The van der Waals surface area contributed by atoms with Gasteiger partial charge in [0, 0.05) is 43.4 Å². The summed E-state index contributed by atoms with van der Waals surface area (Å²) in [5, 5.41) is 10.1. The summed E-state index contributed by atoms with van der Waals surface area (Å²) >= 11 is 0. The molecule has 1 aliphatic heterocycles. The van der Waals surface area contributed by atoms with Crippen molar-refractivity contribution in [3.05, 3.63) is 27.9 Å². The van der Waals surface area contributed by atoms with Crippen molar-refractivity contribution < 1.29 is 14.6 Å². The van der Waals surface area contributed by atoms with Gasteiger partial charge in [-0.25, -0.2) is 4.79 Å². The molecule has 1 amide bonds. The molecule has 1 aliphatic carbocycles. The lowest BCUT2D eigenvalue weighted by molar-refractivity contribution is -0.202. The quantitative estimate of drug-likeness (QED) is 0.856. The Kier molecular flexibility index (Phi) is 4.48. The summed E-state index contributed by atoms with van der Waals surface area (Å²) < 4.78 is 6.88. The number of nitrogens with zero attached hydrogens (tertiary/aromatic N) is 3. The Labute approximate surface area is 141 Å². The summed E-state index contributed by atoms with van der Waals surface area (Å²) in [7, 11) is 1.68. The van der Waals surface area contributed by atoms with Crippen molar-refractivity contribution in [3.8, 4) is 0 Å². The molecule has 1 saturated carbocycles. The van der Waals surface area contributed by atoms with Gasteiger partial charge in [-0.05, 0) is 32.8 Å². The second-order valence-electron chi connectivity index (χ2n) is 7.00. The molecule has 0 unspecified atom stereocenters. The molecule has 1 saturated heterocycles. The van der Waals surface area contributed by atoms with E-state index in [1.807, 2.05) is 6.92 Å². The van der Waals surface area contributed by atoms with Crippen LogP contribution in [0.2, 0.25) is 0 Å². The van der Waals surface area contributed by atoms with Crippen LogP contribution < -0.4 is 5.69 Å². The van der Waals surface area contributed by atoms with Gasteiger partial charge in [0.05, 0.1) is 12.2 Å². The van der Waals surface area contributed by atoms with E-state index in [2.05, 4.69) is 4.98 Å². The number of likely N-dealkylation sites (tertiary alicyclic amines) is 1. The van der Waals surface area contributed by atoms with Gasteiger partial charge in [0.1, 0.15) is 6.54 Å². The summed E-state index contributed by atoms with van der Waals surface area (Å²) in [5.41, 5.74) is 0.807. The number of methoxy groups -OCH3 is 1. The van der Waals surface area contributed by atoms with E-state index in [0.717, 1.165) is 18.5 Å². The van der Waals surface area contributed by atoms with Gasteiger partial charge in [-0.1, -0.05) is 0 Å². The Hall–Kier alpha value is -1.73. The van der Waals surface area contributed by atoms with E-state index in [1.54, 1.807) is 25.0 Å². The van der Waals surface area contributed by atoms with Crippen LogP contribution in [0.5, 0.6) is 0 Å². The highest BCUT2D eigenvalue weighted by Crippen LogP contribution is 2.50.